The lowest BCUT2D eigenvalue weighted by Crippen LogP contribution is -2.54. The van der Waals surface area contributed by atoms with Crippen LogP contribution in [0.15, 0.2) is 64.6 Å². The number of carbonyl (C=O) groups excluding carboxylic acids is 4. The highest BCUT2D eigenvalue weighted by Gasteiger charge is 2.36. The summed E-state index contributed by atoms with van der Waals surface area (Å²) in [5, 5.41) is 5.07. The molecule has 0 bridgehead atoms. The molecular weight excluding hydrogens is 550 g/mol. The van der Waals surface area contributed by atoms with Gasteiger partial charge in [0.15, 0.2) is 6.61 Å². The zero-order chi connectivity index (χ0) is 27.6. The molecule has 3 aromatic rings. The Hall–Kier alpha value is -4.24. The standard InChI is InChI=1S/C29H26BrN3O5/c1-16-5-6-18(3)24(11-16)31-26(34)15-38-25-10-8-20(14-23(25)30)13-22-27(35)32-29(37)33(28(22)36)21-9-7-17(2)19(4)12-21/h5-14H,15H2,1-4H3,(H,31,34)(H,32,35,37)/b22-13-. The van der Waals surface area contributed by atoms with Gasteiger partial charge in [0.05, 0.1) is 10.2 Å². The van der Waals surface area contributed by atoms with Gasteiger partial charge in [-0.15, -0.1) is 0 Å². The summed E-state index contributed by atoms with van der Waals surface area (Å²) in [6.07, 6.45) is 1.40. The summed E-state index contributed by atoms with van der Waals surface area (Å²) in [4.78, 5) is 51.5. The van der Waals surface area contributed by atoms with Crippen molar-refractivity contribution in [2.45, 2.75) is 27.7 Å². The fourth-order valence-corrected chi connectivity index (χ4v) is 4.36. The molecule has 4 rings (SSSR count). The molecule has 1 fully saturated rings. The van der Waals surface area contributed by atoms with Gasteiger partial charge in [-0.3, -0.25) is 19.7 Å². The molecule has 0 spiro atoms. The van der Waals surface area contributed by atoms with Crippen molar-refractivity contribution in [2.24, 2.45) is 0 Å². The van der Waals surface area contributed by atoms with Gasteiger partial charge in [-0.25, -0.2) is 9.69 Å². The summed E-state index contributed by atoms with van der Waals surface area (Å²) in [6.45, 7) is 7.45. The number of ether oxygens (including phenoxy) is 1. The van der Waals surface area contributed by atoms with E-state index in [1.807, 2.05) is 52.0 Å². The number of anilines is 2. The molecule has 1 heterocycles. The Morgan fingerprint density at radius 1 is 0.947 bits per heavy atom. The predicted molar refractivity (Wildman–Crippen MR) is 149 cm³/mol. The molecule has 0 unspecified atom stereocenters. The second kappa shape index (κ2) is 11.0. The predicted octanol–water partition coefficient (Wildman–Crippen LogP) is 5.37. The number of nitrogens with zero attached hydrogens (tertiary/aromatic N) is 1. The topological polar surface area (TPSA) is 105 Å². The molecule has 9 heteroatoms. The van der Waals surface area contributed by atoms with Crippen LogP contribution >= 0.6 is 15.9 Å². The van der Waals surface area contributed by atoms with Gasteiger partial charge in [0.2, 0.25) is 0 Å². The molecule has 2 N–H and O–H groups in total. The van der Waals surface area contributed by atoms with Gasteiger partial charge in [-0.2, -0.15) is 0 Å². The van der Waals surface area contributed by atoms with E-state index in [4.69, 9.17) is 4.74 Å². The van der Waals surface area contributed by atoms with Crippen molar-refractivity contribution < 1.29 is 23.9 Å². The SMILES string of the molecule is Cc1ccc(C)c(NC(=O)COc2ccc(/C=C3/C(=O)NC(=O)N(c4ccc(C)c(C)c4)C3=O)cc2Br)c1. The van der Waals surface area contributed by atoms with Crippen LogP contribution in [-0.2, 0) is 14.4 Å². The zero-order valence-corrected chi connectivity index (χ0v) is 22.9. The number of urea groups is 1. The van der Waals surface area contributed by atoms with Crippen LogP contribution in [0, 0.1) is 27.7 Å². The first-order valence-electron chi connectivity index (χ1n) is 11.8. The first kappa shape index (κ1) is 26.8. The smallest absolute Gasteiger partial charge is 0.335 e. The summed E-state index contributed by atoms with van der Waals surface area (Å²) in [5.74, 6) is -1.40. The lowest BCUT2D eigenvalue weighted by Gasteiger charge is -2.26. The average Bonchev–Trinajstić information content (AvgIpc) is 2.85. The van der Waals surface area contributed by atoms with Gasteiger partial charge in [-0.05, 0) is 108 Å². The lowest BCUT2D eigenvalue weighted by atomic mass is 10.1. The number of hydrogen-bond acceptors (Lipinski definition) is 5. The quantitative estimate of drug-likeness (QED) is 0.304. The maximum Gasteiger partial charge on any atom is 0.335 e. The molecule has 194 valence electrons. The lowest BCUT2D eigenvalue weighted by molar-refractivity contribution is -0.122. The van der Waals surface area contributed by atoms with Gasteiger partial charge >= 0.3 is 6.03 Å². The number of hydrogen-bond donors (Lipinski definition) is 2. The maximum absolute atomic E-state index is 13.2. The van der Waals surface area contributed by atoms with E-state index in [-0.39, 0.29) is 18.1 Å². The highest BCUT2D eigenvalue weighted by molar-refractivity contribution is 9.10. The van der Waals surface area contributed by atoms with Crippen molar-refractivity contribution in [3.8, 4) is 5.75 Å². The molecule has 1 aliphatic rings. The molecule has 3 aromatic carbocycles. The Balaban J connectivity index is 1.49. The second-order valence-corrected chi connectivity index (χ2v) is 9.93. The first-order valence-corrected chi connectivity index (χ1v) is 12.6. The third-order valence-electron chi connectivity index (χ3n) is 6.14. The number of aryl methyl sites for hydroxylation is 4. The van der Waals surface area contributed by atoms with Crippen LogP contribution in [0.25, 0.3) is 6.08 Å². The highest BCUT2D eigenvalue weighted by atomic mass is 79.9. The third kappa shape index (κ3) is 5.84. The van der Waals surface area contributed by atoms with Crippen LogP contribution in [0.1, 0.15) is 27.8 Å². The maximum atomic E-state index is 13.2. The molecule has 1 saturated heterocycles. The number of imide groups is 2. The van der Waals surface area contributed by atoms with Crippen LogP contribution < -0.4 is 20.3 Å². The van der Waals surface area contributed by atoms with Crippen LogP contribution in [0.3, 0.4) is 0 Å². The normalized spacial score (nSPS) is 14.5. The average molecular weight is 576 g/mol. The van der Waals surface area contributed by atoms with E-state index in [1.165, 1.54) is 6.08 Å². The molecule has 1 aliphatic heterocycles. The van der Waals surface area contributed by atoms with Crippen LogP contribution in [0.4, 0.5) is 16.2 Å². The highest BCUT2D eigenvalue weighted by Crippen LogP contribution is 2.29. The minimum atomic E-state index is -0.801. The fraction of sp³-hybridized carbons (Fsp3) is 0.172. The molecule has 0 radical (unpaired) electrons. The monoisotopic (exact) mass is 575 g/mol. The number of halogens is 1. The van der Waals surface area contributed by atoms with Gasteiger partial charge < -0.3 is 10.1 Å². The molecule has 0 atom stereocenters. The molecule has 38 heavy (non-hydrogen) atoms. The summed E-state index contributed by atoms with van der Waals surface area (Å²) < 4.78 is 6.18. The summed E-state index contributed by atoms with van der Waals surface area (Å²) in [7, 11) is 0. The first-order chi connectivity index (χ1) is 18.0. The van der Waals surface area contributed by atoms with Crippen molar-refractivity contribution in [2.75, 3.05) is 16.8 Å². The summed E-state index contributed by atoms with van der Waals surface area (Å²) in [5.41, 5.74) is 5.34. The number of barbiturate groups is 1. The van der Waals surface area contributed by atoms with Crippen molar-refractivity contribution in [3.05, 3.63) is 92.5 Å². The number of carbonyl (C=O) groups is 4. The molecule has 0 aromatic heterocycles. The molecular formula is C29H26BrN3O5. The Morgan fingerprint density at radius 3 is 2.39 bits per heavy atom. The fourth-order valence-electron chi connectivity index (χ4n) is 3.85. The number of amides is 5. The minimum absolute atomic E-state index is 0.184. The van der Waals surface area contributed by atoms with Gasteiger partial charge in [0.25, 0.3) is 17.7 Å². The van der Waals surface area contributed by atoms with Crippen LogP contribution in [0.5, 0.6) is 5.75 Å². The van der Waals surface area contributed by atoms with Crippen molar-refractivity contribution in [3.63, 3.8) is 0 Å². The zero-order valence-electron chi connectivity index (χ0n) is 21.3. The Bertz CT molecular complexity index is 1510. The van der Waals surface area contributed by atoms with E-state index in [0.717, 1.165) is 32.8 Å². The number of nitrogens with one attached hydrogen (secondary N) is 2. The van der Waals surface area contributed by atoms with Crippen molar-refractivity contribution in [1.82, 2.24) is 5.32 Å². The van der Waals surface area contributed by atoms with E-state index in [0.29, 0.717) is 21.5 Å². The van der Waals surface area contributed by atoms with Gasteiger partial charge in [0, 0.05) is 5.69 Å². The molecule has 8 nitrogen and oxygen atoms in total. The largest absolute Gasteiger partial charge is 0.483 e. The van der Waals surface area contributed by atoms with Gasteiger partial charge in [-0.1, -0.05) is 24.3 Å². The third-order valence-corrected chi connectivity index (χ3v) is 6.76. The van der Waals surface area contributed by atoms with E-state index in [1.54, 1.807) is 30.3 Å². The van der Waals surface area contributed by atoms with E-state index < -0.39 is 17.8 Å². The Morgan fingerprint density at radius 2 is 1.68 bits per heavy atom. The second-order valence-electron chi connectivity index (χ2n) is 9.07. The van der Waals surface area contributed by atoms with Crippen LogP contribution in [0.2, 0.25) is 0 Å². The molecule has 5 amide bonds. The van der Waals surface area contributed by atoms with E-state index >= 15 is 0 Å². The number of benzene rings is 3. The molecule has 0 aliphatic carbocycles. The minimum Gasteiger partial charge on any atom is -0.483 e. The summed E-state index contributed by atoms with van der Waals surface area (Å²) >= 11 is 3.42. The Kier molecular flexibility index (Phi) is 7.78. The number of rotatable bonds is 6. The van der Waals surface area contributed by atoms with E-state index in [9.17, 15) is 19.2 Å². The summed E-state index contributed by atoms with van der Waals surface area (Å²) in [6, 6.07) is 15.1. The Labute approximate surface area is 228 Å². The van der Waals surface area contributed by atoms with Crippen molar-refractivity contribution >= 4 is 57.1 Å². The molecule has 0 saturated carbocycles. The van der Waals surface area contributed by atoms with Crippen molar-refractivity contribution in [1.29, 1.82) is 0 Å². The van der Waals surface area contributed by atoms with Crippen LogP contribution in [-0.4, -0.2) is 30.4 Å². The van der Waals surface area contributed by atoms with Gasteiger partial charge in [0.1, 0.15) is 11.3 Å². The van der Waals surface area contributed by atoms with E-state index in [2.05, 4.69) is 26.6 Å².